The molecule has 6 heteroatoms. The van der Waals surface area contributed by atoms with Crippen LogP contribution in [0.4, 0.5) is 5.95 Å². The number of hydrogen-bond donors (Lipinski definition) is 0. The SMILES string of the molecule is O=C(CCCc1ccccc1)N1CCCN(c2nnc3ccccn23)CC1. The van der Waals surface area contributed by atoms with Crippen LogP contribution in [0.3, 0.4) is 0 Å². The van der Waals surface area contributed by atoms with E-state index in [0.29, 0.717) is 6.42 Å². The van der Waals surface area contributed by atoms with Crippen molar-refractivity contribution in [2.45, 2.75) is 25.7 Å². The van der Waals surface area contributed by atoms with Gasteiger partial charge in [0.25, 0.3) is 0 Å². The molecule has 1 aromatic carbocycles. The van der Waals surface area contributed by atoms with Crippen molar-refractivity contribution >= 4 is 17.5 Å². The first kappa shape index (κ1) is 17.5. The predicted octanol–water partition coefficient (Wildman–Crippen LogP) is 2.79. The minimum atomic E-state index is 0.263. The van der Waals surface area contributed by atoms with Gasteiger partial charge in [-0.2, -0.15) is 0 Å². The number of hydrogen-bond acceptors (Lipinski definition) is 4. The summed E-state index contributed by atoms with van der Waals surface area (Å²) < 4.78 is 2.01. The number of nitrogens with zero attached hydrogens (tertiary/aromatic N) is 5. The average Bonchev–Trinajstić information content (AvgIpc) is 2.98. The van der Waals surface area contributed by atoms with E-state index < -0.39 is 0 Å². The van der Waals surface area contributed by atoms with Crippen LogP contribution in [0.15, 0.2) is 54.7 Å². The van der Waals surface area contributed by atoms with Crippen LogP contribution in [-0.2, 0) is 11.2 Å². The minimum absolute atomic E-state index is 0.263. The van der Waals surface area contributed by atoms with E-state index in [1.165, 1.54) is 5.56 Å². The fraction of sp³-hybridized carbons (Fsp3) is 0.381. The van der Waals surface area contributed by atoms with E-state index in [1.54, 1.807) is 0 Å². The Morgan fingerprint density at radius 3 is 2.67 bits per heavy atom. The molecule has 0 radical (unpaired) electrons. The first-order chi connectivity index (χ1) is 13.3. The Morgan fingerprint density at radius 2 is 1.78 bits per heavy atom. The van der Waals surface area contributed by atoms with Gasteiger partial charge in [0.15, 0.2) is 5.65 Å². The summed E-state index contributed by atoms with van der Waals surface area (Å²) in [6.07, 6.45) is 5.41. The van der Waals surface area contributed by atoms with Crippen LogP contribution in [0.5, 0.6) is 0 Å². The Morgan fingerprint density at radius 1 is 0.926 bits per heavy atom. The van der Waals surface area contributed by atoms with Gasteiger partial charge in [-0.3, -0.25) is 9.20 Å². The summed E-state index contributed by atoms with van der Waals surface area (Å²) in [6, 6.07) is 16.3. The molecule has 0 aliphatic carbocycles. The van der Waals surface area contributed by atoms with Gasteiger partial charge < -0.3 is 9.80 Å². The van der Waals surface area contributed by atoms with Crippen molar-refractivity contribution in [3.8, 4) is 0 Å². The molecule has 3 heterocycles. The highest BCUT2D eigenvalue weighted by Crippen LogP contribution is 2.16. The van der Waals surface area contributed by atoms with Crippen LogP contribution in [0, 0.1) is 0 Å². The van der Waals surface area contributed by atoms with E-state index in [-0.39, 0.29) is 5.91 Å². The summed E-state index contributed by atoms with van der Waals surface area (Å²) in [5.41, 5.74) is 2.15. The topological polar surface area (TPSA) is 53.7 Å². The third-order valence-corrected chi connectivity index (χ3v) is 5.13. The number of pyridine rings is 1. The number of anilines is 1. The van der Waals surface area contributed by atoms with Crippen LogP contribution < -0.4 is 4.90 Å². The first-order valence-corrected chi connectivity index (χ1v) is 9.68. The fourth-order valence-electron chi connectivity index (χ4n) is 3.66. The number of rotatable bonds is 5. The molecule has 0 unspecified atom stereocenters. The van der Waals surface area contributed by atoms with Crippen molar-refractivity contribution in [1.29, 1.82) is 0 Å². The van der Waals surface area contributed by atoms with Crippen molar-refractivity contribution in [2.24, 2.45) is 0 Å². The third kappa shape index (κ3) is 4.10. The van der Waals surface area contributed by atoms with E-state index in [4.69, 9.17) is 0 Å². The molecule has 1 amide bonds. The molecule has 27 heavy (non-hydrogen) atoms. The van der Waals surface area contributed by atoms with E-state index in [9.17, 15) is 4.79 Å². The van der Waals surface area contributed by atoms with Gasteiger partial charge in [-0.05, 0) is 37.0 Å². The number of fused-ring (bicyclic) bond motifs is 1. The highest BCUT2D eigenvalue weighted by Gasteiger charge is 2.21. The van der Waals surface area contributed by atoms with Gasteiger partial charge in [0, 0.05) is 38.8 Å². The van der Waals surface area contributed by atoms with E-state index >= 15 is 0 Å². The van der Waals surface area contributed by atoms with Gasteiger partial charge in [0.05, 0.1) is 0 Å². The molecule has 0 bridgehead atoms. The van der Waals surface area contributed by atoms with Gasteiger partial charge in [-0.15, -0.1) is 10.2 Å². The Kier molecular flexibility index (Phi) is 5.32. The van der Waals surface area contributed by atoms with Crippen molar-refractivity contribution < 1.29 is 4.79 Å². The molecule has 140 valence electrons. The minimum Gasteiger partial charge on any atom is -0.341 e. The molecule has 4 rings (SSSR count). The largest absolute Gasteiger partial charge is 0.341 e. The van der Waals surface area contributed by atoms with Crippen LogP contribution in [-0.4, -0.2) is 51.6 Å². The molecule has 3 aromatic rings. The van der Waals surface area contributed by atoms with Crippen molar-refractivity contribution in [3.63, 3.8) is 0 Å². The molecule has 1 aliphatic rings. The monoisotopic (exact) mass is 363 g/mol. The standard InChI is InChI=1S/C21H25N5O/c27-20(12-6-10-18-8-2-1-3-9-18)24-13-7-14-25(17-16-24)21-23-22-19-11-4-5-15-26(19)21/h1-5,8-9,11,15H,6-7,10,12-14,16-17H2. The molecule has 1 aliphatic heterocycles. The summed E-state index contributed by atoms with van der Waals surface area (Å²) in [5, 5.41) is 8.59. The zero-order valence-electron chi connectivity index (χ0n) is 15.5. The second kappa shape index (κ2) is 8.20. The molecule has 0 atom stereocenters. The Hall–Kier alpha value is -2.89. The maximum Gasteiger partial charge on any atom is 0.231 e. The van der Waals surface area contributed by atoms with E-state index in [2.05, 4.69) is 39.4 Å². The number of carbonyl (C=O) groups excluding carboxylic acids is 1. The second-order valence-electron chi connectivity index (χ2n) is 6.99. The lowest BCUT2D eigenvalue weighted by molar-refractivity contribution is -0.131. The molecule has 0 saturated carbocycles. The van der Waals surface area contributed by atoms with E-state index in [0.717, 1.165) is 57.0 Å². The third-order valence-electron chi connectivity index (χ3n) is 5.13. The Bertz CT molecular complexity index is 892. The molecule has 6 nitrogen and oxygen atoms in total. The Balaban J connectivity index is 1.32. The maximum atomic E-state index is 12.6. The number of aryl methyl sites for hydroxylation is 1. The van der Waals surface area contributed by atoms with Gasteiger partial charge in [-0.25, -0.2) is 0 Å². The van der Waals surface area contributed by atoms with Crippen molar-refractivity contribution in [1.82, 2.24) is 19.5 Å². The zero-order chi connectivity index (χ0) is 18.5. The van der Waals surface area contributed by atoms with Gasteiger partial charge >= 0.3 is 0 Å². The van der Waals surface area contributed by atoms with Crippen LogP contribution >= 0.6 is 0 Å². The predicted molar refractivity (Wildman–Crippen MR) is 106 cm³/mol. The van der Waals surface area contributed by atoms with Crippen LogP contribution in [0.25, 0.3) is 5.65 Å². The second-order valence-corrected chi connectivity index (χ2v) is 6.99. The summed E-state index contributed by atoms with van der Waals surface area (Å²) >= 11 is 0. The highest BCUT2D eigenvalue weighted by molar-refractivity contribution is 5.76. The Labute approximate surface area is 159 Å². The maximum absolute atomic E-state index is 12.6. The average molecular weight is 363 g/mol. The molecule has 0 spiro atoms. The van der Waals surface area contributed by atoms with Gasteiger partial charge in [0.2, 0.25) is 11.9 Å². The lowest BCUT2D eigenvalue weighted by atomic mass is 10.1. The molecular formula is C21H25N5O. The summed E-state index contributed by atoms with van der Waals surface area (Å²) in [7, 11) is 0. The number of benzene rings is 1. The van der Waals surface area contributed by atoms with E-state index in [1.807, 2.05) is 39.8 Å². The molecule has 0 N–H and O–H groups in total. The number of carbonyl (C=O) groups is 1. The van der Waals surface area contributed by atoms with Gasteiger partial charge in [0.1, 0.15) is 0 Å². The number of amides is 1. The lowest BCUT2D eigenvalue weighted by Crippen LogP contribution is -2.35. The highest BCUT2D eigenvalue weighted by atomic mass is 16.2. The molecular weight excluding hydrogens is 338 g/mol. The first-order valence-electron chi connectivity index (χ1n) is 9.68. The van der Waals surface area contributed by atoms with Crippen molar-refractivity contribution in [3.05, 3.63) is 60.3 Å². The quantitative estimate of drug-likeness (QED) is 0.699. The zero-order valence-corrected chi connectivity index (χ0v) is 15.5. The lowest BCUT2D eigenvalue weighted by Gasteiger charge is -2.22. The summed E-state index contributed by atoms with van der Waals surface area (Å²) in [6.45, 7) is 3.24. The van der Waals surface area contributed by atoms with Crippen molar-refractivity contribution in [2.75, 3.05) is 31.1 Å². The summed E-state index contributed by atoms with van der Waals surface area (Å²) in [4.78, 5) is 16.9. The van der Waals surface area contributed by atoms with Crippen LogP contribution in [0.1, 0.15) is 24.8 Å². The smallest absolute Gasteiger partial charge is 0.231 e. The molecule has 1 saturated heterocycles. The summed E-state index contributed by atoms with van der Waals surface area (Å²) in [5.74, 6) is 1.13. The number of aromatic nitrogens is 3. The molecule has 2 aromatic heterocycles. The molecule has 1 fully saturated rings. The fourth-order valence-corrected chi connectivity index (χ4v) is 3.66. The van der Waals surface area contributed by atoms with Gasteiger partial charge in [-0.1, -0.05) is 36.4 Å². The van der Waals surface area contributed by atoms with Crippen LogP contribution in [0.2, 0.25) is 0 Å². The normalized spacial score (nSPS) is 15.1.